The molecule has 17 heavy (non-hydrogen) atoms. The van der Waals surface area contributed by atoms with E-state index in [1.807, 2.05) is 0 Å². The Bertz CT molecular complexity index is 436. The van der Waals surface area contributed by atoms with Crippen molar-refractivity contribution in [3.8, 4) is 0 Å². The number of guanidine groups is 1. The molecule has 0 spiro atoms. The summed E-state index contributed by atoms with van der Waals surface area (Å²) >= 11 is 0. The molecule has 0 unspecified atom stereocenters. The molecule has 1 aromatic rings. The number of nitrogens with two attached hydrogens (primary N) is 1. The fourth-order valence-electron chi connectivity index (χ4n) is 1.32. The van der Waals surface area contributed by atoms with Crippen LogP contribution in [-0.4, -0.2) is 33.2 Å². The molecule has 0 bridgehead atoms. The third kappa shape index (κ3) is 3.44. The van der Waals surface area contributed by atoms with Crippen LogP contribution in [0.15, 0.2) is 17.4 Å². The molecule has 1 aromatic heterocycles. The minimum Gasteiger partial charge on any atom is -0.370 e. The fraction of sp³-hybridized carbons (Fsp3) is 0.556. The average Bonchev–Trinajstić information content (AvgIpc) is 2.94. The van der Waals surface area contributed by atoms with Crippen LogP contribution in [0.1, 0.15) is 12.8 Å². The zero-order valence-corrected chi connectivity index (χ0v) is 9.24. The Morgan fingerprint density at radius 1 is 1.76 bits per heavy atom. The molecule has 0 atom stereocenters. The van der Waals surface area contributed by atoms with Crippen molar-refractivity contribution in [2.45, 2.75) is 25.4 Å². The smallest absolute Gasteiger partial charge is 0.306 e. The Hall–Kier alpha value is -2.12. The molecular weight excluding hydrogens is 224 g/mol. The van der Waals surface area contributed by atoms with E-state index in [1.165, 1.54) is 17.1 Å². The van der Waals surface area contributed by atoms with E-state index in [-0.39, 0.29) is 5.69 Å². The molecule has 0 saturated heterocycles. The minimum atomic E-state index is -0.476. The van der Waals surface area contributed by atoms with Gasteiger partial charge < -0.3 is 11.1 Å². The molecule has 0 aliphatic heterocycles. The lowest BCUT2D eigenvalue weighted by molar-refractivity contribution is -0.385. The number of nitro groups is 1. The van der Waals surface area contributed by atoms with Crippen molar-refractivity contribution in [3.05, 3.63) is 22.5 Å². The maximum absolute atomic E-state index is 10.4. The number of nitrogens with zero attached hydrogens (tertiary/aromatic N) is 4. The van der Waals surface area contributed by atoms with Gasteiger partial charge >= 0.3 is 5.69 Å². The zero-order chi connectivity index (χ0) is 12.3. The van der Waals surface area contributed by atoms with Gasteiger partial charge in [0.15, 0.2) is 5.96 Å². The lowest BCUT2D eigenvalue weighted by Crippen LogP contribution is -2.33. The van der Waals surface area contributed by atoms with Crippen LogP contribution in [-0.2, 0) is 6.54 Å². The standard InChI is InChI=1S/C9H14N6O2/c10-9(13-7-1-2-7)11-3-4-14-6-8(5-12-14)15(16)17/h5-7H,1-4H2,(H3,10,11,13). The molecule has 8 heteroatoms. The third-order valence-corrected chi connectivity index (χ3v) is 2.37. The van der Waals surface area contributed by atoms with Gasteiger partial charge in [0.1, 0.15) is 12.4 Å². The molecule has 0 aromatic carbocycles. The molecule has 2 rings (SSSR count). The van der Waals surface area contributed by atoms with Gasteiger partial charge in [0.2, 0.25) is 0 Å². The predicted molar refractivity (Wildman–Crippen MR) is 61.5 cm³/mol. The van der Waals surface area contributed by atoms with Crippen molar-refractivity contribution < 1.29 is 4.92 Å². The Labute approximate surface area is 97.7 Å². The van der Waals surface area contributed by atoms with Crippen LogP contribution in [0.5, 0.6) is 0 Å². The van der Waals surface area contributed by atoms with E-state index in [2.05, 4.69) is 15.4 Å². The lowest BCUT2D eigenvalue weighted by Gasteiger charge is -2.02. The average molecular weight is 238 g/mol. The normalized spacial score (nSPS) is 15.9. The van der Waals surface area contributed by atoms with Crippen LogP contribution in [0, 0.1) is 10.1 Å². The molecule has 0 radical (unpaired) electrons. The quantitative estimate of drug-likeness (QED) is 0.321. The second-order valence-electron chi connectivity index (χ2n) is 3.90. The first kappa shape index (κ1) is 11.4. The van der Waals surface area contributed by atoms with E-state index in [1.54, 1.807) is 0 Å². The molecule has 3 N–H and O–H groups in total. The first-order valence-corrected chi connectivity index (χ1v) is 5.38. The van der Waals surface area contributed by atoms with Crippen LogP contribution in [0.2, 0.25) is 0 Å². The molecule has 92 valence electrons. The molecule has 1 fully saturated rings. The monoisotopic (exact) mass is 238 g/mol. The van der Waals surface area contributed by atoms with Gasteiger partial charge in [-0.2, -0.15) is 5.10 Å². The van der Waals surface area contributed by atoms with Gasteiger partial charge in [-0.1, -0.05) is 0 Å². The highest BCUT2D eigenvalue weighted by Crippen LogP contribution is 2.17. The summed E-state index contributed by atoms with van der Waals surface area (Å²) in [5, 5.41) is 17.3. The fourth-order valence-corrected chi connectivity index (χ4v) is 1.32. The van der Waals surface area contributed by atoms with Crippen LogP contribution >= 0.6 is 0 Å². The van der Waals surface area contributed by atoms with Crippen molar-refractivity contribution in [1.29, 1.82) is 0 Å². The Balaban J connectivity index is 1.78. The summed E-state index contributed by atoms with van der Waals surface area (Å²) in [5.41, 5.74) is 5.62. The number of nitrogens with one attached hydrogen (secondary N) is 1. The molecular formula is C9H14N6O2. The number of rotatable bonds is 5. The molecule has 1 heterocycles. The van der Waals surface area contributed by atoms with Crippen LogP contribution in [0.4, 0.5) is 5.69 Å². The topological polar surface area (TPSA) is 111 Å². The van der Waals surface area contributed by atoms with Gasteiger partial charge in [0.05, 0.1) is 18.0 Å². The Morgan fingerprint density at radius 2 is 2.53 bits per heavy atom. The lowest BCUT2D eigenvalue weighted by atomic mass is 10.6. The first-order valence-electron chi connectivity index (χ1n) is 5.38. The predicted octanol–water partition coefficient (Wildman–Crippen LogP) is -0.142. The first-order chi connectivity index (χ1) is 8.15. The van der Waals surface area contributed by atoms with Gasteiger partial charge in [-0.3, -0.25) is 19.8 Å². The highest BCUT2D eigenvalue weighted by atomic mass is 16.6. The second-order valence-corrected chi connectivity index (χ2v) is 3.90. The van der Waals surface area contributed by atoms with Gasteiger partial charge in [-0.15, -0.1) is 0 Å². The number of aromatic nitrogens is 2. The van der Waals surface area contributed by atoms with Crippen molar-refractivity contribution in [2.24, 2.45) is 10.7 Å². The maximum Gasteiger partial charge on any atom is 0.306 e. The molecule has 1 aliphatic rings. The number of aliphatic imine (C=N–C) groups is 1. The summed E-state index contributed by atoms with van der Waals surface area (Å²) in [6.07, 6.45) is 4.87. The summed E-state index contributed by atoms with van der Waals surface area (Å²) < 4.78 is 1.48. The van der Waals surface area contributed by atoms with Crippen LogP contribution in [0.3, 0.4) is 0 Å². The van der Waals surface area contributed by atoms with E-state index in [0.717, 1.165) is 12.8 Å². The SMILES string of the molecule is NC(=NCCn1cc([N+](=O)[O-])cn1)NC1CC1. The van der Waals surface area contributed by atoms with E-state index in [4.69, 9.17) is 5.73 Å². The minimum absolute atomic E-state index is 0.0157. The molecule has 0 amide bonds. The van der Waals surface area contributed by atoms with Gasteiger partial charge in [0.25, 0.3) is 0 Å². The van der Waals surface area contributed by atoms with Crippen molar-refractivity contribution in [1.82, 2.24) is 15.1 Å². The number of hydrogen-bond acceptors (Lipinski definition) is 4. The highest BCUT2D eigenvalue weighted by molar-refractivity contribution is 5.78. The summed E-state index contributed by atoms with van der Waals surface area (Å²) in [4.78, 5) is 14.0. The van der Waals surface area contributed by atoms with Gasteiger partial charge in [-0.25, -0.2) is 0 Å². The van der Waals surface area contributed by atoms with Crippen molar-refractivity contribution >= 4 is 11.6 Å². The summed E-state index contributed by atoms with van der Waals surface area (Å²) in [5.74, 6) is 0.425. The van der Waals surface area contributed by atoms with E-state index in [0.29, 0.717) is 25.1 Å². The van der Waals surface area contributed by atoms with Crippen LogP contribution in [0.25, 0.3) is 0 Å². The second kappa shape index (κ2) is 4.81. The van der Waals surface area contributed by atoms with Crippen molar-refractivity contribution in [2.75, 3.05) is 6.54 Å². The van der Waals surface area contributed by atoms with E-state index >= 15 is 0 Å². The largest absolute Gasteiger partial charge is 0.370 e. The van der Waals surface area contributed by atoms with Gasteiger partial charge in [0, 0.05) is 6.04 Å². The Morgan fingerprint density at radius 3 is 3.12 bits per heavy atom. The Kier molecular flexibility index (Phi) is 3.22. The van der Waals surface area contributed by atoms with Gasteiger partial charge in [-0.05, 0) is 12.8 Å². The third-order valence-electron chi connectivity index (χ3n) is 2.37. The number of hydrogen-bond donors (Lipinski definition) is 2. The molecule has 1 saturated carbocycles. The summed E-state index contributed by atoms with van der Waals surface area (Å²) in [6.45, 7) is 0.922. The summed E-state index contributed by atoms with van der Waals surface area (Å²) in [7, 11) is 0. The van der Waals surface area contributed by atoms with Crippen LogP contribution < -0.4 is 11.1 Å². The molecule has 1 aliphatic carbocycles. The molecule has 8 nitrogen and oxygen atoms in total. The van der Waals surface area contributed by atoms with E-state index in [9.17, 15) is 10.1 Å². The van der Waals surface area contributed by atoms with E-state index < -0.39 is 4.92 Å². The summed E-state index contributed by atoms with van der Waals surface area (Å²) in [6, 6.07) is 0.476. The highest BCUT2D eigenvalue weighted by Gasteiger charge is 2.21. The maximum atomic E-state index is 10.4. The van der Waals surface area contributed by atoms with Crippen molar-refractivity contribution in [3.63, 3.8) is 0 Å². The zero-order valence-electron chi connectivity index (χ0n) is 9.24.